The van der Waals surface area contributed by atoms with Gasteiger partial charge < -0.3 is 57.6 Å². The molecule has 2 heterocycles. The first-order valence-corrected chi connectivity index (χ1v) is 22.3. The molecule has 0 radical (unpaired) electrons. The predicted octanol–water partition coefficient (Wildman–Crippen LogP) is 7.82. The van der Waals surface area contributed by atoms with Gasteiger partial charge in [0.1, 0.15) is 60.3 Å². The molecule has 8 rings (SSSR count). The van der Waals surface area contributed by atoms with Crippen molar-refractivity contribution in [2.24, 2.45) is 0 Å². The third kappa shape index (κ3) is 13.1. The van der Waals surface area contributed by atoms with E-state index in [1.807, 2.05) is 164 Å². The van der Waals surface area contributed by atoms with Gasteiger partial charge in [-0.15, -0.1) is 0 Å². The fraction of sp³-hybridized carbons (Fsp3) is 0.333. The predicted molar refractivity (Wildman–Crippen MR) is 245 cm³/mol. The van der Waals surface area contributed by atoms with E-state index in [1.165, 1.54) is 0 Å². The minimum atomic E-state index is -1.44. The Bertz CT molecular complexity index is 2250. The van der Waals surface area contributed by atoms with E-state index in [1.54, 1.807) is 19.2 Å². The topological polar surface area (TPSA) is 133 Å². The lowest BCUT2D eigenvalue weighted by atomic mass is 9.96. The van der Waals surface area contributed by atoms with Crippen molar-refractivity contribution in [2.75, 3.05) is 20.3 Å². The summed E-state index contributed by atoms with van der Waals surface area (Å²) in [5.41, 5.74) is 4.62. The van der Waals surface area contributed by atoms with Gasteiger partial charge in [-0.1, -0.05) is 152 Å². The molecule has 0 aliphatic carbocycles. The second kappa shape index (κ2) is 24.3. The molecule has 12 heteroatoms. The summed E-state index contributed by atoms with van der Waals surface area (Å²) < 4.78 is 65.5. The minimum absolute atomic E-state index is 0.0374. The standard InChI is InChI=1S/C54H58O12/c1-57-43-27-29-44(30-28-43)63-54-52(62-35-42-25-15-6-16-26-42)51(61-34-41-23-13-5-14-24-41)49(46(65-54)37-59-32-39-19-9-3-10-20-39)66-53-50(60-33-40-21-11-4-12-22-40)48(56)47(55)45(64-53)36-58-31-38-17-7-2-8-18-38/h2-30,45-56H,31-37H2,1H3. The number of hydrogen-bond acceptors (Lipinski definition) is 12. The van der Waals surface area contributed by atoms with Crippen molar-refractivity contribution in [3.63, 3.8) is 0 Å². The molecule has 0 amide bonds. The molecule has 0 bridgehead atoms. The zero-order valence-electron chi connectivity index (χ0n) is 36.9. The Hall–Kier alpha value is -5.48. The van der Waals surface area contributed by atoms with Crippen LogP contribution in [-0.4, -0.2) is 91.9 Å². The van der Waals surface area contributed by atoms with Crippen LogP contribution in [0.15, 0.2) is 176 Å². The van der Waals surface area contributed by atoms with Crippen LogP contribution < -0.4 is 9.47 Å². The molecule has 0 aromatic heterocycles. The third-order valence-electron chi connectivity index (χ3n) is 11.5. The van der Waals surface area contributed by atoms with Crippen LogP contribution >= 0.6 is 0 Å². The summed E-state index contributed by atoms with van der Waals surface area (Å²) in [6.45, 7) is 1.03. The second-order valence-corrected chi connectivity index (χ2v) is 16.2. The molecule has 6 aromatic carbocycles. The first kappa shape index (κ1) is 47.0. The summed E-state index contributed by atoms with van der Waals surface area (Å²) in [5, 5.41) is 23.5. The quantitative estimate of drug-likeness (QED) is 0.0689. The monoisotopic (exact) mass is 898 g/mol. The van der Waals surface area contributed by atoms with E-state index in [2.05, 4.69) is 0 Å². The molecule has 346 valence electrons. The Kier molecular flexibility index (Phi) is 17.3. The molecular weight excluding hydrogens is 841 g/mol. The highest BCUT2D eigenvalue weighted by atomic mass is 16.8. The van der Waals surface area contributed by atoms with Gasteiger partial charge in [0.15, 0.2) is 6.29 Å². The van der Waals surface area contributed by atoms with Gasteiger partial charge in [-0.2, -0.15) is 0 Å². The van der Waals surface area contributed by atoms with Crippen LogP contribution in [0.5, 0.6) is 11.5 Å². The number of aliphatic hydroxyl groups excluding tert-OH is 2. The second-order valence-electron chi connectivity index (χ2n) is 16.2. The van der Waals surface area contributed by atoms with Crippen LogP contribution in [0.2, 0.25) is 0 Å². The largest absolute Gasteiger partial charge is 0.497 e. The van der Waals surface area contributed by atoms with Crippen molar-refractivity contribution in [1.82, 2.24) is 0 Å². The fourth-order valence-electron chi connectivity index (χ4n) is 7.95. The van der Waals surface area contributed by atoms with Gasteiger partial charge in [-0.25, -0.2) is 0 Å². The summed E-state index contributed by atoms with van der Waals surface area (Å²) in [6, 6.07) is 56.0. The molecule has 0 spiro atoms. The van der Waals surface area contributed by atoms with E-state index < -0.39 is 61.4 Å². The summed E-state index contributed by atoms with van der Waals surface area (Å²) in [6.07, 6.45) is -10.9. The van der Waals surface area contributed by atoms with Gasteiger partial charge >= 0.3 is 0 Å². The van der Waals surface area contributed by atoms with Gasteiger partial charge in [0.05, 0.1) is 53.4 Å². The van der Waals surface area contributed by atoms with Crippen LogP contribution in [0.1, 0.15) is 27.8 Å². The average molecular weight is 899 g/mol. The summed E-state index contributed by atoms with van der Waals surface area (Å²) in [5.74, 6) is 1.18. The van der Waals surface area contributed by atoms with Crippen LogP contribution in [0.4, 0.5) is 0 Å². The maximum atomic E-state index is 11.9. The molecule has 66 heavy (non-hydrogen) atoms. The van der Waals surface area contributed by atoms with Gasteiger partial charge in [0.25, 0.3) is 0 Å². The lowest BCUT2D eigenvalue weighted by molar-refractivity contribution is -0.366. The van der Waals surface area contributed by atoms with E-state index in [0.29, 0.717) is 11.5 Å². The lowest BCUT2D eigenvalue weighted by Gasteiger charge is -2.49. The normalized spacial score (nSPS) is 25.3. The number of rotatable bonds is 22. The summed E-state index contributed by atoms with van der Waals surface area (Å²) in [7, 11) is 1.61. The molecule has 2 aliphatic heterocycles. The van der Waals surface area contributed by atoms with Gasteiger partial charge in [0, 0.05) is 0 Å². The van der Waals surface area contributed by atoms with Crippen LogP contribution in [0, 0.1) is 0 Å². The molecule has 10 unspecified atom stereocenters. The molecule has 6 aromatic rings. The van der Waals surface area contributed by atoms with Crippen molar-refractivity contribution in [2.45, 2.75) is 94.4 Å². The SMILES string of the molecule is COc1ccc(OC2OC(COCc3ccccc3)C(OC3OC(COCc4ccccc4)C(O)C(O)C3OCc3ccccc3)C(OCc3ccccc3)C2OCc2ccccc2)cc1. The number of hydrogen-bond donors (Lipinski definition) is 2. The highest BCUT2D eigenvalue weighted by Crippen LogP contribution is 2.36. The van der Waals surface area contributed by atoms with E-state index >= 15 is 0 Å². The summed E-state index contributed by atoms with van der Waals surface area (Å²) >= 11 is 0. The van der Waals surface area contributed by atoms with Gasteiger partial charge in [-0.3, -0.25) is 0 Å². The molecule has 10 atom stereocenters. The number of ether oxygens (including phenoxy) is 10. The van der Waals surface area contributed by atoms with Gasteiger partial charge in [0.2, 0.25) is 6.29 Å². The average Bonchev–Trinajstić information content (AvgIpc) is 3.37. The molecule has 2 aliphatic rings. The first-order valence-electron chi connectivity index (χ1n) is 22.3. The number of aliphatic hydroxyl groups is 2. The summed E-state index contributed by atoms with van der Waals surface area (Å²) in [4.78, 5) is 0. The maximum absolute atomic E-state index is 11.9. The van der Waals surface area contributed by atoms with E-state index in [9.17, 15) is 10.2 Å². The maximum Gasteiger partial charge on any atom is 0.229 e. The minimum Gasteiger partial charge on any atom is -0.497 e. The highest BCUT2D eigenvalue weighted by molar-refractivity contribution is 5.31. The first-order chi connectivity index (χ1) is 32.5. The Morgan fingerprint density at radius 2 is 0.788 bits per heavy atom. The molecule has 12 nitrogen and oxygen atoms in total. The van der Waals surface area contributed by atoms with Crippen molar-refractivity contribution in [3.05, 3.63) is 204 Å². The van der Waals surface area contributed by atoms with Crippen molar-refractivity contribution in [1.29, 1.82) is 0 Å². The Labute approximate surface area is 386 Å². The Morgan fingerprint density at radius 1 is 0.394 bits per heavy atom. The van der Waals surface area contributed by atoms with Crippen molar-refractivity contribution in [3.8, 4) is 11.5 Å². The Morgan fingerprint density at radius 3 is 1.26 bits per heavy atom. The fourth-order valence-corrected chi connectivity index (χ4v) is 7.95. The molecule has 0 saturated carbocycles. The number of benzene rings is 6. The molecule has 2 saturated heterocycles. The van der Waals surface area contributed by atoms with Crippen LogP contribution in [0.3, 0.4) is 0 Å². The smallest absolute Gasteiger partial charge is 0.229 e. The van der Waals surface area contributed by atoms with Gasteiger partial charge in [-0.05, 0) is 52.1 Å². The van der Waals surface area contributed by atoms with Crippen LogP contribution in [0.25, 0.3) is 0 Å². The molecular formula is C54H58O12. The van der Waals surface area contributed by atoms with E-state index in [0.717, 1.165) is 27.8 Å². The van der Waals surface area contributed by atoms with E-state index in [-0.39, 0.29) is 46.2 Å². The molecule has 2 fully saturated rings. The zero-order valence-corrected chi connectivity index (χ0v) is 36.9. The van der Waals surface area contributed by atoms with Crippen LogP contribution in [-0.2, 0) is 70.9 Å². The van der Waals surface area contributed by atoms with E-state index in [4.69, 9.17) is 47.4 Å². The third-order valence-corrected chi connectivity index (χ3v) is 11.5. The number of methoxy groups -OCH3 is 1. The highest BCUT2D eigenvalue weighted by Gasteiger charge is 2.54. The zero-order chi connectivity index (χ0) is 45.3. The Balaban J connectivity index is 1.15. The van der Waals surface area contributed by atoms with Crippen molar-refractivity contribution >= 4 is 0 Å². The lowest BCUT2D eigenvalue weighted by Crippen LogP contribution is -2.66. The molecule has 2 N–H and O–H groups in total. The van der Waals surface area contributed by atoms with Crippen molar-refractivity contribution < 1.29 is 57.6 Å².